The van der Waals surface area contributed by atoms with Crippen LogP contribution in [0.4, 0.5) is 5.69 Å². The summed E-state index contributed by atoms with van der Waals surface area (Å²) in [5, 5.41) is 8.98. The molecule has 0 spiro atoms. The monoisotopic (exact) mass is 272 g/mol. The zero-order valence-electron chi connectivity index (χ0n) is 12.8. The lowest BCUT2D eigenvalue weighted by Gasteiger charge is -2.36. The van der Waals surface area contributed by atoms with E-state index in [9.17, 15) is 0 Å². The lowest BCUT2D eigenvalue weighted by Crippen LogP contribution is -2.48. The van der Waals surface area contributed by atoms with Crippen LogP contribution in [-0.4, -0.2) is 63.2 Å². The van der Waals surface area contributed by atoms with E-state index in [0.29, 0.717) is 0 Å². The molecule has 0 aliphatic carbocycles. The fourth-order valence-electron chi connectivity index (χ4n) is 2.54. The van der Waals surface area contributed by atoms with E-state index >= 15 is 0 Å². The van der Waals surface area contributed by atoms with E-state index in [-0.39, 0.29) is 0 Å². The minimum Gasteiger partial charge on any atom is -0.369 e. The maximum absolute atomic E-state index is 8.98. The Bertz CT molecular complexity index is 482. The van der Waals surface area contributed by atoms with E-state index < -0.39 is 0 Å². The average molecular weight is 272 g/mol. The van der Waals surface area contributed by atoms with Gasteiger partial charge in [-0.2, -0.15) is 5.26 Å². The predicted molar refractivity (Wildman–Crippen MR) is 83.1 cm³/mol. The molecule has 20 heavy (non-hydrogen) atoms. The molecule has 1 aromatic rings. The zero-order valence-corrected chi connectivity index (χ0v) is 12.8. The maximum atomic E-state index is 8.98. The van der Waals surface area contributed by atoms with Crippen molar-refractivity contribution < 1.29 is 0 Å². The van der Waals surface area contributed by atoms with Crippen molar-refractivity contribution in [1.82, 2.24) is 9.80 Å². The number of nitriles is 1. The van der Waals surface area contributed by atoms with E-state index in [1.54, 1.807) is 0 Å². The van der Waals surface area contributed by atoms with Gasteiger partial charge in [0.1, 0.15) is 0 Å². The summed E-state index contributed by atoms with van der Waals surface area (Å²) in [6.45, 7) is 8.65. The summed E-state index contributed by atoms with van der Waals surface area (Å²) in [5.74, 6) is 0. The van der Waals surface area contributed by atoms with Gasteiger partial charge in [-0.15, -0.1) is 0 Å². The molecular weight excluding hydrogens is 248 g/mol. The molecule has 0 unspecified atom stereocenters. The van der Waals surface area contributed by atoms with Crippen molar-refractivity contribution in [2.24, 2.45) is 0 Å². The Morgan fingerprint density at radius 1 is 1.20 bits per heavy atom. The molecule has 1 fully saturated rings. The van der Waals surface area contributed by atoms with E-state index in [4.69, 9.17) is 5.26 Å². The third-order valence-corrected chi connectivity index (χ3v) is 3.93. The molecule has 1 heterocycles. The van der Waals surface area contributed by atoms with Crippen molar-refractivity contribution in [2.75, 3.05) is 58.3 Å². The summed E-state index contributed by atoms with van der Waals surface area (Å²) in [7, 11) is 4.24. The van der Waals surface area contributed by atoms with Crippen LogP contribution < -0.4 is 4.90 Å². The van der Waals surface area contributed by atoms with Crippen molar-refractivity contribution >= 4 is 5.69 Å². The van der Waals surface area contributed by atoms with Gasteiger partial charge in [0, 0.05) is 45.0 Å². The SMILES string of the molecule is Cc1cc(N2CCN(CCN(C)C)CC2)ccc1C#N. The van der Waals surface area contributed by atoms with Crippen LogP contribution >= 0.6 is 0 Å². The fraction of sp³-hybridized carbons (Fsp3) is 0.562. The first-order valence-electron chi connectivity index (χ1n) is 7.23. The molecule has 0 N–H and O–H groups in total. The summed E-state index contributed by atoms with van der Waals surface area (Å²) in [4.78, 5) is 7.17. The molecule has 0 aromatic heterocycles. The normalized spacial score (nSPS) is 16.4. The number of nitrogens with zero attached hydrogens (tertiary/aromatic N) is 4. The Labute approximate surface area is 122 Å². The second kappa shape index (κ2) is 6.74. The number of piperazine rings is 1. The second-order valence-electron chi connectivity index (χ2n) is 5.74. The minimum atomic E-state index is 0.776. The zero-order chi connectivity index (χ0) is 14.5. The molecule has 1 saturated heterocycles. The maximum Gasteiger partial charge on any atom is 0.0994 e. The van der Waals surface area contributed by atoms with Crippen LogP contribution in [-0.2, 0) is 0 Å². The smallest absolute Gasteiger partial charge is 0.0994 e. The lowest BCUT2D eigenvalue weighted by atomic mass is 10.1. The highest BCUT2D eigenvalue weighted by atomic mass is 15.3. The minimum absolute atomic E-state index is 0.776. The van der Waals surface area contributed by atoms with Gasteiger partial charge in [-0.1, -0.05) is 0 Å². The molecule has 4 nitrogen and oxygen atoms in total. The van der Waals surface area contributed by atoms with Gasteiger partial charge in [0.15, 0.2) is 0 Å². The molecule has 1 aromatic carbocycles. The molecule has 108 valence electrons. The topological polar surface area (TPSA) is 33.5 Å². The van der Waals surface area contributed by atoms with Crippen molar-refractivity contribution in [3.8, 4) is 6.07 Å². The number of aryl methyl sites for hydroxylation is 1. The number of hydrogen-bond donors (Lipinski definition) is 0. The Balaban J connectivity index is 1.91. The largest absolute Gasteiger partial charge is 0.369 e. The molecular formula is C16H24N4. The second-order valence-corrected chi connectivity index (χ2v) is 5.74. The first-order valence-corrected chi connectivity index (χ1v) is 7.23. The first kappa shape index (κ1) is 14.8. The fourth-order valence-corrected chi connectivity index (χ4v) is 2.54. The molecule has 2 rings (SSSR count). The summed E-state index contributed by atoms with van der Waals surface area (Å²) in [5.41, 5.74) is 3.09. The van der Waals surface area contributed by atoms with Gasteiger partial charge in [0.2, 0.25) is 0 Å². The molecule has 1 aliphatic rings. The molecule has 0 radical (unpaired) electrons. The van der Waals surface area contributed by atoms with Crippen LogP contribution in [0.3, 0.4) is 0 Å². The predicted octanol–water partition coefficient (Wildman–Crippen LogP) is 1.55. The van der Waals surface area contributed by atoms with Crippen molar-refractivity contribution in [2.45, 2.75) is 6.92 Å². The molecule has 0 atom stereocenters. The number of likely N-dealkylation sites (N-methyl/N-ethyl adjacent to an activating group) is 1. The molecule has 0 amide bonds. The van der Waals surface area contributed by atoms with Crippen molar-refractivity contribution in [1.29, 1.82) is 5.26 Å². The average Bonchev–Trinajstić information content (AvgIpc) is 2.45. The molecule has 1 aliphatic heterocycles. The van der Waals surface area contributed by atoms with Crippen LogP contribution in [0, 0.1) is 18.3 Å². The van der Waals surface area contributed by atoms with Crippen molar-refractivity contribution in [3.63, 3.8) is 0 Å². The molecule has 0 bridgehead atoms. The number of rotatable bonds is 4. The van der Waals surface area contributed by atoms with Gasteiger partial charge in [0.25, 0.3) is 0 Å². The van der Waals surface area contributed by atoms with Crippen LogP contribution in [0.25, 0.3) is 0 Å². The highest BCUT2D eigenvalue weighted by Gasteiger charge is 2.17. The standard InChI is InChI=1S/C16H24N4/c1-14-12-16(5-4-15(14)13-17)20-10-8-19(9-11-20)7-6-18(2)3/h4-5,12H,6-11H2,1-3H3. The highest BCUT2D eigenvalue weighted by molar-refractivity contribution is 5.53. The highest BCUT2D eigenvalue weighted by Crippen LogP contribution is 2.20. The summed E-state index contributed by atoms with van der Waals surface area (Å²) in [6, 6.07) is 8.37. The number of hydrogen-bond acceptors (Lipinski definition) is 4. The van der Waals surface area contributed by atoms with E-state index in [1.807, 2.05) is 13.0 Å². The van der Waals surface area contributed by atoms with Crippen LogP contribution in [0.15, 0.2) is 18.2 Å². The Morgan fingerprint density at radius 2 is 1.90 bits per heavy atom. The van der Waals surface area contributed by atoms with Gasteiger partial charge < -0.3 is 9.80 Å². The Kier molecular flexibility index (Phi) is 4.99. The summed E-state index contributed by atoms with van der Waals surface area (Å²) < 4.78 is 0. The molecule has 0 saturated carbocycles. The lowest BCUT2D eigenvalue weighted by molar-refractivity contribution is 0.229. The quantitative estimate of drug-likeness (QED) is 0.833. The van der Waals surface area contributed by atoms with Gasteiger partial charge in [0.05, 0.1) is 11.6 Å². The Morgan fingerprint density at radius 3 is 2.45 bits per heavy atom. The van der Waals surface area contributed by atoms with E-state index in [2.05, 4.69) is 47.0 Å². The third-order valence-electron chi connectivity index (χ3n) is 3.93. The van der Waals surface area contributed by atoms with E-state index in [0.717, 1.165) is 50.4 Å². The summed E-state index contributed by atoms with van der Waals surface area (Å²) >= 11 is 0. The Hall–Kier alpha value is -1.57. The van der Waals surface area contributed by atoms with Crippen LogP contribution in [0.2, 0.25) is 0 Å². The van der Waals surface area contributed by atoms with Gasteiger partial charge in [-0.05, 0) is 44.8 Å². The van der Waals surface area contributed by atoms with Gasteiger partial charge in [-0.25, -0.2) is 0 Å². The van der Waals surface area contributed by atoms with E-state index in [1.165, 1.54) is 5.69 Å². The summed E-state index contributed by atoms with van der Waals surface area (Å²) in [6.07, 6.45) is 0. The number of benzene rings is 1. The van der Waals surface area contributed by atoms with Gasteiger partial charge in [-0.3, -0.25) is 4.90 Å². The van der Waals surface area contributed by atoms with Crippen LogP contribution in [0.5, 0.6) is 0 Å². The van der Waals surface area contributed by atoms with Gasteiger partial charge >= 0.3 is 0 Å². The third kappa shape index (κ3) is 3.72. The number of anilines is 1. The molecule has 4 heteroatoms. The van der Waals surface area contributed by atoms with Crippen LogP contribution in [0.1, 0.15) is 11.1 Å². The van der Waals surface area contributed by atoms with Crippen molar-refractivity contribution in [3.05, 3.63) is 29.3 Å². The first-order chi connectivity index (χ1) is 9.60.